The first kappa shape index (κ1) is 19.2. The Hall–Kier alpha value is -2.84. The maximum atomic E-state index is 11.7. The lowest BCUT2D eigenvalue weighted by molar-refractivity contribution is -0.383. The topological polar surface area (TPSA) is 142 Å². The smallest absolute Gasteiger partial charge is 0.310 e. The van der Waals surface area contributed by atoms with Crippen molar-refractivity contribution >= 4 is 23.3 Å². The fourth-order valence-electron chi connectivity index (χ4n) is 1.79. The summed E-state index contributed by atoms with van der Waals surface area (Å²) in [6.45, 7) is 4.73. The minimum Gasteiger partial charge on any atom is -0.493 e. The van der Waals surface area contributed by atoms with Crippen LogP contribution in [-0.4, -0.2) is 34.2 Å². The van der Waals surface area contributed by atoms with Gasteiger partial charge in [0, 0.05) is 12.1 Å². The fourth-order valence-corrected chi connectivity index (χ4v) is 1.79. The molecule has 0 aliphatic carbocycles. The molecule has 3 N–H and O–H groups in total. The van der Waals surface area contributed by atoms with Gasteiger partial charge in [-0.05, 0) is 26.8 Å². The summed E-state index contributed by atoms with van der Waals surface area (Å²) in [5, 5.41) is 19.8. The van der Waals surface area contributed by atoms with Crippen LogP contribution in [0.4, 0.5) is 11.4 Å². The van der Waals surface area contributed by atoms with Gasteiger partial charge in [-0.25, -0.2) is 0 Å². The first-order valence-corrected chi connectivity index (χ1v) is 7.11. The first-order valence-electron chi connectivity index (χ1n) is 7.11. The van der Waals surface area contributed by atoms with Gasteiger partial charge in [0.2, 0.25) is 0 Å². The molecule has 9 nitrogen and oxygen atoms in total. The van der Waals surface area contributed by atoms with E-state index < -0.39 is 28.4 Å². The Kier molecular flexibility index (Phi) is 6.10. The highest BCUT2D eigenvalue weighted by Gasteiger charge is 2.26. The van der Waals surface area contributed by atoms with Crippen LogP contribution in [0, 0.1) is 16.0 Å². The Morgan fingerprint density at radius 2 is 2.00 bits per heavy atom. The third-order valence-electron chi connectivity index (χ3n) is 2.83. The molecule has 1 aromatic rings. The zero-order valence-corrected chi connectivity index (χ0v) is 13.6. The molecule has 0 fully saturated rings. The van der Waals surface area contributed by atoms with Crippen molar-refractivity contribution in [3.05, 3.63) is 28.3 Å². The van der Waals surface area contributed by atoms with Crippen molar-refractivity contribution in [3.63, 3.8) is 0 Å². The van der Waals surface area contributed by atoms with Gasteiger partial charge in [-0.1, -0.05) is 0 Å². The highest BCUT2D eigenvalue weighted by atomic mass is 16.6. The van der Waals surface area contributed by atoms with Crippen LogP contribution in [0.3, 0.4) is 0 Å². The van der Waals surface area contributed by atoms with Crippen LogP contribution in [-0.2, 0) is 14.3 Å². The third-order valence-corrected chi connectivity index (χ3v) is 2.83. The number of nitrogen functional groups attached to an aromatic ring is 1. The Bertz CT molecular complexity index is 637. The number of hydrogen-bond acceptors (Lipinski definition) is 7. The SMILES string of the molecule is CC(C)(C)OC(=O)CC(COc1ccc([N+](=O)[O-])c(N)c1)C(=O)O. The third kappa shape index (κ3) is 6.11. The lowest BCUT2D eigenvalue weighted by Crippen LogP contribution is -2.29. The highest BCUT2D eigenvalue weighted by Crippen LogP contribution is 2.26. The number of nitrogens with zero attached hydrogens (tertiary/aromatic N) is 1. The number of aliphatic carboxylic acids is 1. The molecule has 0 aliphatic heterocycles. The molecular formula is C15H20N2O7. The van der Waals surface area contributed by atoms with Crippen LogP contribution in [0.5, 0.6) is 5.75 Å². The van der Waals surface area contributed by atoms with E-state index in [2.05, 4.69) is 0 Å². The summed E-state index contributed by atoms with van der Waals surface area (Å²) in [5.74, 6) is -2.80. The fraction of sp³-hybridized carbons (Fsp3) is 0.467. The molecule has 9 heteroatoms. The number of anilines is 1. The maximum absolute atomic E-state index is 11.7. The van der Waals surface area contributed by atoms with Gasteiger partial charge in [-0.15, -0.1) is 0 Å². The number of nitro benzene ring substituents is 1. The van der Waals surface area contributed by atoms with Gasteiger partial charge in [-0.2, -0.15) is 0 Å². The highest BCUT2D eigenvalue weighted by molar-refractivity contribution is 5.79. The average Bonchev–Trinajstić information content (AvgIpc) is 2.40. The number of nitrogens with two attached hydrogens (primary N) is 1. The van der Waals surface area contributed by atoms with Gasteiger partial charge < -0.3 is 20.3 Å². The van der Waals surface area contributed by atoms with E-state index in [-0.39, 0.29) is 30.2 Å². The van der Waals surface area contributed by atoms with Crippen molar-refractivity contribution < 1.29 is 29.1 Å². The van der Waals surface area contributed by atoms with E-state index in [9.17, 15) is 19.7 Å². The molecule has 0 spiro atoms. The number of rotatable bonds is 7. The summed E-state index contributed by atoms with van der Waals surface area (Å²) in [6.07, 6.45) is -0.352. The van der Waals surface area contributed by atoms with E-state index in [1.165, 1.54) is 12.1 Å². The Morgan fingerprint density at radius 3 is 2.46 bits per heavy atom. The van der Waals surface area contributed by atoms with Crippen LogP contribution in [0.25, 0.3) is 0 Å². The minimum atomic E-state index is -1.21. The zero-order chi connectivity index (χ0) is 18.5. The number of ether oxygens (including phenoxy) is 2. The van der Waals surface area contributed by atoms with E-state index in [1.54, 1.807) is 20.8 Å². The number of carbonyl (C=O) groups is 2. The van der Waals surface area contributed by atoms with E-state index in [4.69, 9.17) is 20.3 Å². The monoisotopic (exact) mass is 340 g/mol. The van der Waals surface area contributed by atoms with Crippen LogP contribution < -0.4 is 10.5 Å². The van der Waals surface area contributed by atoms with Crippen LogP contribution in [0.1, 0.15) is 27.2 Å². The molecule has 132 valence electrons. The molecule has 0 radical (unpaired) electrons. The molecule has 24 heavy (non-hydrogen) atoms. The molecule has 0 amide bonds. The van der Waals surface area contributed by atoms with Gasteiger partial charge >= 0.3 is 11.9 Å². The molecule has 0 saturated heterocycles. The van der Waals surface area contributed by atoms with Gasteiger partial charge in [0.05, 0.1) is 11.3 Å². The largest absolute Gasteiger partial charge is 0.493 e. The lowest BCUT2D eigenvalue weighted by atomic mass is 10.1. The van der Waals surface area contributed by atoms with Crippen LogP contribution in [0.2, 0.25) is 0 Å². The summed E-state index contributed by atoms with van der Waals surface area (Å²) in [7, 11) is 0. The molecule has 1 aromatic carbocycles. The number of hydrogen-bond donors (Lipinski definition) is 2. The number of esters is 1. The summed E-state index contributed by atoms with van der Waals surface area (Å²) < 4.78 is 10.4. The van der Waals surface area contributed by atoms with Crippen LogP contribution in [0.15, 0.2) is 18.2 Å². The van der Waals surface area contributed by atoms with E-state index >= 15 is 0 Å². The molecule has 0 saturated carbocycles. The quantitative estimate of drug-likeness (QED) is 0.332. The predicted molar refractivity (Wildman–Crippen MR) is 84.6 cm³/mol. The molecule has 1 atom stereocenters. The van der Waals surface area contributed by atoms with Crippen molar-refractivity contribution in [2.45, 2.75) is 32.8 Å². The molecule has 0 bridgehead atoms. The van der Waals surface area contributed by atoms with Crippen molar-refractivity contribution in [1.82, 2.24) is 0 Å². The minimum absolute atomic E-state index is 0.100. The van der Waals surface area contributed by atoms with E-state index in [0.717, 1.165) is 6.07 Å². The number of nitro groups is 1. The number of benzene rings is 1. The molecular weight excluding hydrogens is 320 g/mol. The van der Waals surface area contributed by atoms with Gasteiger partial charge in [0.25, 0.3) is 5.69 Å². The molecule has 0 aliphatic rings. The second-order valence-electron chi connectivity index (χ2n) is 6.11. The number of carbonyl (C=O) groups excluding carboxylic acids is 1. The van der Waals surface area contributed by atoms with Crippen molar-refractivity contribution in [3.8, 4) is 5.75 Å². The Balaban J connectivity index is 2.70. The van der Waals surface area contributed by atoms with E-state index in [1.807, 2.05) is 0 Å². The van der Waals surface area contributed by atoms with Crippen molar-refractivity contribution in [2.24, 2.45) is 5.92 Å². The van der Waals surface area contributed by atoms with Crippen molar-refractivity contribution in [1.29, 1.82) is 0 Å². The standard InChI is InChI=1S/C15H20N2O7/c1-15(2,3)24-13(18)6-9(14(19)20)8-23-10-4-5-12(17(21)22)11(16)7-10/h4-5,7,9H,6,8,16H2,1-3H3,(H,19,20). The molecule has 0 aromatic heterocycles. The summed E-state index contributed by atoms with van der Waals surface area (Å²) in [6, 6.07) is 3.69. The zero-order valence-electron chi connectivity index (χ0n) is 13.6. The molecule has 0 heterocycles. The summed E-state index contributed by atoms with van der Waals surface area (Å²) >= 11 is 0. The van der Waals surface area contributed by atoms with Gasteiger partial charge in [0.1, 0.15) is 29.6 Å². The van der Waals surface area contributed by atoms with Gasteiger partial charge in [0.15, 0.2) is 0 Å². The average molecular weight is 340 g/mol. The van der Waals surface area contributed by atoms with Crippen LogP contribution >= 0.6 is 0 Å². The van der Waals surface area contributed by atoms with Crippen molar-refractivity contribution in [2.75, 3.05) is 12.3 Å². The Labute approximate surface area is 138 Å². The second-order valence-corrected chi connectivity index (χ2v) is 6.11. The second kappa shape index (κ2) is 7.62. The predicted octanol–water partition coefficient (Wildman–Crippen LogP) is 1.99. The number of carboxylic acids is 1. The summed E-state index contributed by atoms with van der Waals surface area (Å²) in [5.41, 5.74) is 4.44. The van der Waals surface area contributed by atoms with E-state index in [0.29, 0.717) is 0 Å². The summed E-state index contributed by atoms with van der Waals surface area (Å²) in [4.78, 5) is 33.0. The normalized spacial score (nSPS) is 12.3. The number of carboxylic acid groups (broad SMARTS) is 1. The van der Waals surface area contributed by atoms with Gasteiger partial charge in [-0.3, -0.25) is 19.7 Å². The molecule has 1 rings (SSSR count). The molecule has 1 unspecified atom stereocenters. The Morgan fingerprint density at radius 1 is 1.38 bits per heavy atom. The lowest BCUT2D eigenvalue weighted by Gasteiger charge is -2.21. The maximum Gasteiger partial charge on any atom is 0.310 e. The first-order chi connectivity index (χ1) is 11.0.